The minimum atomic E-state index is -4.67. The van der Waals surface area contributed by atoms with E-state index in [1.807, 2.05) is 20.7 Å². The van der Waals surface area contributed by atoms with Gasteiger partial charge in [0.15, 0.2) is 0 Å². The first-order valence-electron chi connectivity index (χ1n) is 18.9. The number of benzene rings is 2. The van der Waals surface area contributed by atoms with Gasteiger partial charge >= 0.3 is 11.9 Å². The number of nitrogens with zero attached hydrogens (tertiary/aromatic N) is 7. The molecule has 1 saturated carbocycles. The second-order valence-corrected chi connectivity index (χ2v) is 15.7. The fourth-order valence-corrected chi connectivity index (χ4v) is 9.13. The van der Waals surface area contributed by atoms with Gasteiger partial charge in [-0.3, -0.25) is 38.4 Å². The highest BCUT2D eigenvalue weighted by Crippen LogP contribution is 2.53. The number of hydrogen-bond acceptors (Lipinski definition) is 8. The van der Waals surface area contributed by atoms with Crippen molar-refractivity contribution in [2.75, 3.05) is 36.4 Å². The molecular weight excluding hydrogens is 753 g/mol. The molecule has 3 saturated heterocycles. The number of piperidine rings is 1. The molecule has 2 aromatic carbocycles. The Morgan fingerprint density at radius 2 is 1.72 bits per heavy atom. The summed E-state index contributed by atoms with van der Waals surface area (Å²) in [7, 11) is 1.60. The highest BCUT2D eigenvalue weighted by Gasteiger charge is 2.72. The average molecular weight is 792 g/mol. The van der Waals surface area contributed by atoms with Crippen molar-refractivity contribution < 1.29 is 36.3 Å². The number of imidazole rings is 1. The maximum atomic E-state index is 15.5. The molecule has 1 spiro atoms. The van der Waals surface area contributed by atoms with Gasteiger partial charge in [-0.1, -0.05) is 12.1 Å². The lowest BCUT2D eigenvalue weighted by atomic mass is 9.72. The van der Waals surface area contributed by atoms with E-state index >= 15 is 8.78 Å². The standard InChI is InChI=1S/C39H38F5N9O4/c1-49-33-28(5-3-6-29(33)53(36(49)57)30-14-15-32(54)47-35(30)56)50-19-37(20-50)38(40,41)21-51(37)17-22-8-11-25(12-9-22)52-18-23-16-24(10-13-26(23)48-52)45-34(55)27-4-2-7-31(46-27)39(42,43)44/h2-7,10,13,16,18,22,25,30H,8-9,11-12,14-15,17,19-21H2,1H3,(H,45,55)(H,47,54,56)/t22-,25-,30?. The van der Waals surface area contributed by atoms with Crippen molar-refractivity contribution in [3.63, 3.8) is 0 Å². The molecule has 2 N–H and O–H groups in total. The first kappa shape index (κ1) is 37.0. The highest BCUT2D eigenvalue weighted by molar-refractivity contribution is 6.04. The number of likely N-dealkylation sites (tertiary alicyclic amines) is 1. The van der Waals surface area contributed by atoms with Crippen molar-refractivity contribution in [3.05, 3.63) is 82.7 Å². The van der Waals surface area contributed by atoms with Gasteiger partial charge < -0.3 is 10.2 Å². The monoisotopic (exact) mass is 791 g/mol. The number of nitrogens with one attached hydrogen (secondary N) is 2. The maximum Gasteiger partial charge on any atom is 0.433 e. The number of carbonyl (C=O) groups excluding carboxylic acids is 3. The summed E-state index contributed by atoms with van der Waals surface area (Å²) in [4.78, 5) is 57.8. The topological polar surface area (TPSA) is 139 Å². The molecule has 1 atom stereocenters. The van der Waals surface area contributed by atoms with Gasteiger partial charge in [-0.05, 0) is 80.5 Å². The molecule has 0 bridgehead atoms. The van der Waals surface area contributed by atoms with Crippen molar-refractivity contribution in [1.29, 1.82) is 0 Å². The zero-order valence-electron chi connectivity index (χ0n) is 30.7. The first-order valence-corrected chi connectivity index (χ1v) is 18.9. The second kappa shape index (κ2) is 13.2. The zero-order valence-corrected chi connectivity index (χ0v) is 30.7. The van der Waals surface area contributed by atoms with Gasteiger partial charge in [-0.15, -0.1) is 0 Å². The van der Waals surface area contributed by atoms with Gasteiger partial charge in [0.2, 0.25) is 11.8 Å². The van der Waals surface area contributed by atoms with Crippen LogP contribution in [0.2, 0.25) is 0 Å². The van der Waals surface area contributed by atoms with Crippen LogP contribution in [0.25, 0.3) is 21.9 Å². The minimum absolute atomic E-state index is 0.0883. The molecule has 13 nitrogen and oxygen atoms in total. The van der Waals surface area contributed by atoms with Crippen molar-refractivity contribution in [2.24, 2.45) is 13.0 Å². The number of hydrogen-bond donors (Lipinski definition) is 2. The number of para-hydroxylation sites is 1. The number of alkyl halides is 5. The third-order valence-corrected chi connectivity index (χ3v) is 12.2. The fraction of sp³-hybridized carbons (Fsp3) is 0.436. The zero-order chi connectivity index (χ0) is 40.0. The van der Waals surface area contributed by atoms with E-state index in [1.165, 1.54) is 15.2 Å². The molecule has 3 aliphatic heterocycles. The van der Waals surface area contributed by atoms with E-state index in [0.717, 1.165) is 43.2 Å². The lowest BCUT2D eigenvalue weighted by molar-refractivity contribution is -0.258. The molecule has 0 radical (unpaired) electrons. The largest absolute Gasteiger partial charge is 0.433 e. The smallest absolute Gasteiger partial charge is 0.365 e. The molecule has 4 aliphatic rings. The van der Waals surface area contributed by atoms with E-state index < -0.39 is 46.9 Å². The van der Waals surface area contributed by atoms with Gasteiger partial charge in [0.05, 0.1) is 34.8 Å². The summed E-state index contributed by atoms with van der Waals surface area (Å²) >= 11 is 0. The molecule has 1 aliphatic carbocycles. The number of aryl methyl sites for hydroxylation is 1. The Balaban J connectivity index is 0.837. The molecule has 3 amide bonds. The van der Waals surface area contributed by atoms with Crippen LogP contribution in [0, 0.1) is 5.92 Å². The van der Waals surface area contributed by atoms with Crippen LogP contribution in [0.4, 0.5) is 33.3 Å². The first-order chi connectivity index (χ1) is 27.1. The molecule has 9 rings (SSSR count). The summed E-state index contributed by atoms with van der Waals surface area (Å²) in [6.07, 6.45) is 0.752. The molecule has 18 heteroatoms. The van der Waals surface area contributed by atoms with E-state index in [4.69, 9.17) is 5.10 Å². The summed E-state index contributed by atoms with van der Waals surface area (Å²) in [5.41, 5.74) is -0.472. The Morgan fingerprint density at radius 1 is 0.965 bits per heavy atom. The van der Waals surface area contributed by atoms with Crippen LogP contribution in [0.5, 0.6) is 0 Å². The van der Waals surface area contributed by atoms with Gasteiger partial charge in [0.25, 0.3) is 11.8 Å². The summed E-state index contributed by atoms with van der Waals surface area (Å²) in [6, 6.07) is 12.7. The molecule has 5 aromatic rings. The van der Waals surface area contributed by atoms with Gasteiger partial charge in [-0.25, -0.2) is 18.6 Å². The number of pyridine rings is 1. The Hall–Kier alpha value is -5.65. The summed E-state index contributed by atoms with van der Waals surface area (Å²) in [5.74, 6) is -4.36. The number of fused-ring (bicyclic) bond motifs is 2. The number of imide groups is 1. The van der Waals surface area contributed by atoms with Crippen LogP contribution in [-0.4, -0.2) is 84.2 Å². The summed E-state index contributed by atoms with van der Waals surface area (Å²) in [6.45, 7) is 0.397. The van der Waals surface area contributed by atoms with E-state index in [-0.39, 0.29) is 56.0 Å². The predicted molar refractivity (Wildman–Crippen MR) is 198 cm³/mol. The third kappa shape index (κ3) is 6.15. The van der Waals surface area contributed by atoms with Crippen LogP contribution in [0.3, 0.4) is 0 Å². The molecule has 298 valence electrons. The van der Waals surface area contributed by atoms with Gasteiger partial charge in [-0.2, -0.15) is 18.3 Å². The van der Waals surface area contributed by atoms with Crippen molar-refractivity contribution in [2.45, 2.75) is 68.2 Å². The number of anilines is 2. The second-order valence-electron chi connectivity index (χ2n) is 15.7. The summed E-state index contributed by atoms with van der Waals surface area (Å²) in [5, 5.41) is 10.4. The number of amides is 3. The molecule has 6 heterocycles. The van der Waals surface area contributed by atoms with Crippen molar-refractivity contribution in [1.82, 2.24) is 34.1 Å². The molecular formula is C39H38F5N9O4. The molecule has 4 fully saturated rings. The Kier molecular flexibility index (Phi) is 8.56. The van der Waals surface area contributed by atoms with Crippen molar-refractivity contribution in [3.8, 4) is 0 Å². The van der Waals surface area contributed by atoms with E-state index in [2.05, 4.69) is 15.6 Å². The van der Waals surface area contributed by atoms with Crippen LogP contribution in [0.1, 0.15) is 66.8 Å². The quantitative estimate of drug-likeness (QED) is 0.168. The average Bonchev–Trinajstić information content (AvgIpc) is 3.69. The lowest BCUT2D eigenvalue weighted by Gasteiger charge is -2.67. The van der Waals surface area contributed by atoms with Crippen molar-refractivity contribution >= 4 is 51.0 Å². The highest BCUT2D eigenvalue weighted by atomic mass is 19.4. The Bertz CT molecular complexity index is 2510. The van der Waals surface area contributed by atoms with Crippen LogP contribution < -0.4 is 21.2 Å². The predicted octanol–water partition coefficient (Wildman–Crippen LogP) is 5.27. The third-order valence-electron chi connectivity index (χ3n) is 12.2. The summed E-state index contributed by atoms with van der Waals surface area (Å²) < 4.78 is 74.9. The number of carbonyl (C=O) groups is 3. The lowest BCUT2D eigenvalue weighted by Crippen LogP contribution is -2.87. The van der Waals surface area contributed by atoms with Gasteiger partial charge in [0.1, 0.15) is 23.0 Å². The maximum absolute atomic E-state index is 15.5. The van der Waals surface area contributed by atoms with E-state index in [9.17, 15) is 32.3 Å². The normalized spacial score (nSPS) is 23.4. The minimum Gasteiger partial charge on any atom is -0.365 e. The Morgan fingerprint density at radius 3 is 2.44 bits per heavy atom. The number of rotatable bonds is 7. The Labute approximate surface area is 321 Å². The fourth-order valence-electron chi connectivity index (χ4n) is 9.13. The van der Waals surface area contributed by atoms with Crippen LogP contribution in [-0.2, 0) is 22.8 Å². The van der Waals surface area contributed by atoms with E-state index in [1.54, 1.807) is 43.4 Å². The SMILES string of the molecule is Cn1c(=O)n(C2CCC(=O)NC2=O)c2cccc(N3CC4(C3)N(C[C@H]3CC[C@H](n5cc6cc(NC(=O)c7cccc(C(F)(F)F)n7)ccc6n5)CC3)CC4(F)F)c21. The van der Waals surface area contributed by atoms with Crippen LogP contribution >= 0.6 is 0 Å². The molecule has 1 unspecified atom stereocenters. The number of halogens is 5. The van der Waals surface area contributed by atoms with Crippen LogP contribution in [0.15, 0.2) is 65.6 Å². The number of aromatic nitrogens is 5. The molecule has 3 aromatic heterocycles. The van der Waals surface area contributed by atoms with Gasteiger partial charge in [0, 0.05) is 50.4 Å². The molecule has 57 heavy (non-hydrogen) atoms. The van der Waals surface area contributed by atoms with E-state index in [0.29, 0.717) is 34.5 Å².